The van der Waals surface area contributed by atoms with Gasteiger partial charge in [0.25, 0.3) is 0 Å². The van der Waals surface area contributed by atoms with Crippen molar-refractivity contribution < 1.29 is 9.90 Å². The summed E-state index contributed by atoms with van der Waals surface area (Å²) in [5.74, 6) is -0.441. The molecule has 0 saturated carbocycles. The van der Waals surface area contributed by atoms with Crippen LogP contribution in [0.3, 0.4) is 0 Å². The Morgan fingerprint density at radius 2 is 1.73 bits per heavy atom. The third kappa shape index (κ3) is 6.53. The van der Waals surface area contributed by atoms with Crippen LogP contribution >= 0.6 is 0 Å². The molecular formula is C13H26O2. The molecule has 0 spiro atoms. The molecule has 0 aromatic heterocycles. The summed E-state index contributed by atoms with van der Waals surface area (Å²) in [6.07, 6.45) is 8.14. The first kappa shape index (κ1) is 14.5. The second-order valence-corrected chi connectivity index (χ2v) is 4.53. The molecule has 0 radical (unpaired) electrons. The summed E-state index contributed by atoms with van der Waals surface area (Å²) in [5.41, 5.74) is 0. The second-order valence-electron chi connectivity index (χ2n) is 4.53. The Morgan fingerprint density at radius 1 is 1.13 bits per heavy atom. The topological polar surface area (TPSA) is 37.3 Å². The van der Waals surface area contributed by atoms with Gasteiger partial charge in [-0.3, -0.25) is 4.79 Å². The Kier molecular flexibility index (Phi) is 8.44. The monoisotopic (exact) mass is 214 g/mol. The first-order valence-electron chi connectivity index (χ1n) is 6.36. The molecule has 0 amide bonds. The van der Waals surface area contributed by atoms with Crippen LogP contribution in [0.15, 0.2) is 0 Å². The average molecular weight is 214 g/mol. The number of hydrogen-bond acceptors (Lipinski definition) is 1. The lowest BCUT2D eigenvalue weighted by Crippen LogP contribution is -2.20. The van der Waals surface area contributed by atoms with Crippen LogP contribution in [0.1, 0.15) is 65.7 Å². The van der Waals surface area contributed by atoms with E-state index in [9.17, 15) is 4.79 Å². The van der Waals surface area contributed by atoms with E-state index in [0.29, 0.717) is 5.92 Å². The average Bonchev–Trinajstić information content (AvgIpc) is 2.18. The van der Waals surface area contributed by atoms with E-state index in [2.05, 4.69) is 13.8 Å². The Hall–Kier alpha value is -0.530. The highest BCUT2D eigenvalue weighted by Gasteiger charge is 2.21. The maximum atomic E-state index is 10.9. The van der Waals surface area contributed by atoms with Crippen molar-refractivity contribution in [2.75, 3.05) is 0 Å². The van der Waals surface area contributed by atoms with Crippen molar-refractivity contribution in [2.45, 2.75) is 65.7 Å². The standard InChI is InChI=1S/C13H26O2/c1-4-6-7-8-9-10-11(3)12(5-2)13(14)15/h11-12H,4-10H2,1-3H3,(H,14,15). The van der Waals surface area contributed by atoms with Crippen molar-refractivity contribution in [1.29, 1.82) is 0 Å². The molecule has 1 N–H and O–H groups in total. The molecule has 0 aromatic carbocycles. The highest BCUT2D eigenvalue weighted by atomic mass is 16.4. The predicted octanol–water partition coefficient (Wildman–Crippen LogP) is 4.09. The van der Waals surface area contributed by atoms with Crippen LogP contribution in [-0.2, 0) is 4.79 Å². The third-order valence-electron chi connectivity index (χ3n) is 3.21. The van der Waals surface area contributed by atoms with E-state index in [1.807, 2.05) is 6.92 Å². The minimum atomic E-state index is -0.626. The van der Waals surface area contributed by atoms with Crippen molar-refractivity contribution in [3.05, 3.63) is 0 Å². The SMILES string of the molecule is CCCCCCCC(C)C(CC)C(=O)O. The Balaban J connectivity index is 3.62. The summed E-state index contributed by atoms with van der Waals surface area (Å²) in [4.78, 5) is 10.9. The quantitative estimate of drug-likeness (QED) is 0.587. The van der Waals surface area contributed by atoms with Crippen molar-refractivity contribution in [2.24, 2.45) is 11.8 Å². The van der Waals surface area contributed by atoms with Crippen LogP contribution < -0.4 is 0 Å². The van der Waals surface area contributed by atoms with Crippen molar-refractivity contribution in [1.82, 2.24) is 0 Å². The zero-order valence-electron chi connectivity index (χ0n) is 10.5. The van der Waals surface area contributed by atoms with E-state index >= 15 is 0 Å². The number of aliphatic carboxylic acids is 1. The van der Waals surface area contributed by atoms with E-state index in [4.69, 9.17) is 5.11 Å². The highest BCUT2D eigenvalue weighted by molar-refractivity contribution is 5.70. The van der Waals surface area contributed by atoms with Crippen molar-refractivity contribution in [3.63, 3.8) is 0 Å². The second kappa shape index (κ2) is 8.75. The molecule has 0 aliphatic heterocycles. The van der Waals surface area contributed by atoms with Crippen LogP contribution in [0.2, 0.25) is 0 Å². The molecule has 0 rings (SSSR count). The molecule has 2 nitrogen and oxygen atoms in total. The number of carbonyl (C=O) groups is 1. The van der Waals surface area contributed by atoms with Crippen LogP contribution in [0, 0.1) is 11.8 Å². The van der Waals surface area contributed by atoms with Gasteiger partial charge in [0.2, 0.25) is 0 Å². The maximum Gasteiger partial charge on any atom is 0.306 e. The molecule has 2 heteroatoms. The molecule has 0 saturated heterocycles. The van der Waals surface area contributed by atoms with E-state index in [1.165, 1.54) is 32.1 Å². The summed E-state index contributed by atoms with van der Waals surface area (Å²) in [7, 11) is 0. The fraction of sp³-hybridized carbons (Fsp3) is 0.923. The smallest absolute Gasteiger partial charge is 0.306 e. The molecule has 15 heavy (non-hydrogen) atoms. The molecule has 0 heterocycles. The first-order chi connectivity index (χ1) is 7.13. The summed E-state index contributed by atoms with van der Waals surface area (Å²) >= 11 is 0. The van der Waals surface area contributed by atoms with Gasteiger partial charge >= 0.3 is 5.97 Å². The number of unbranched alkanes of at least 4 members (excludes halogenated alkanes) is 4. The van der Waals surface area contributed by atoms with Gasteiger partial charge in [0.05, 0.1) is 5.92 Å². The van der Waals surface area contributed by atoms with E-state index in [1.54, 1.807) is 0 Å². The van der Waals surface area contributed by atoms with Crippen LogP contribution in [0.5, 0.6) is 0 Å². The molecule has 0 fully saturated rings. The minimum absolute atomic E-state index is 0.142. The summed E-state index contributed by atoms with van der Waals surface area (Å²) in [6.45, 7) is 6.24. The normalized spacial score (nSPS) is 14.9. The zero-order chi connectivity index (χ0) is 11.7. The number of rotatable bonds is 9. The van der Waals surface area contributed by atoms with E-state index in [0.717, 1.165) is 12.8 Å². The van der Waals surface area contributed by atoms with Gasteiger partial charge < -0.3 is 5.11 Å². The molecule has 0 aromatic rings. The van der Waals surface area contributed by atoms with Gasteiger partial charge in [0.15, 0.2) is 0 Å². The number of carboxylic acid groups (broad SMARTS) is 1. The molecule has 90 valence electrons. The molecule has 0 aliphatic rings. The van der Waals surface area contributed by atoms with Gasteiger partial charge in [-0.05, 0) is 18.8 Å². The Morgan fingerprint density at radius 3 is 2.20 bits per heavy atom. The van der Waals surface area contributed by atoms with Gasteiger partial charge in [-0.15, -0.1) is 0 Å². The van der Waals surface area contributed by atoms with Crippen LogP contribution in [0.4, 0.5) is 0 Å². The highest BCUT2D eigenvalue weighted by Crippen LogP contribution is 2.22. The predicted molar refractivity (Wildman–Crippen MR) is 64.0 cm³/mol. The summed E-state index contributed by atoms with van der Waals surface area (Å²) in [5, 5.41) is 8.98. The van der Waals surface area contributed by atoms with Gasteiger partial charge in [0, 0.05) is 0 Å². The third-order valence-corrected chi connectivity index (χ3v) is 3.21. The largest absolute Gasteiger partial charge is 0.481 e. The van der Waals surface area contributed by atoms with Crippen LogP contribution in [0.25, 0.3) is 0 Å². The summed E-state index contributed by atoms with van der Waals surface area (Å²) in [6, 6.07) is 0. The first-order valence-corrected chi connectivity index (χ1v) is 6.36. The van der Waals surface area contributed by atoms with Gasteiger partial charge in [-0.2, -0.15) is 0 Å². The fourth-order valence-electron chi connectivity index (χ4n) is 2.09. The molecule has 0 aliphatic carbocycles. The van der Waals surface area contributed by atoms with Gasteiger partial charge in [0.1, 0.15) is 0 Å². The molecule has 2 unspecified atom stereocenters. The lowest BCUT2D eigenvalue weighted by Gasteiger charge is -2.18. The summed E-state index contributed by atoms with van der Waals surface area (Å²) < 4.78 is 0. The molecule has 2 atom stereocenters. The Labute approximate surface area is 94.1 Å². The Bertz CT molecular complexity index is 166. The number of hydrogen-bond donors (Lipinski definition) is 1. The minimum Gasteiger partial charge on any atom is -0.481 e. The zero-order valence-corrected chi connectivity index (χ0v) is 10.5. The lowest BCUT2D eigenvalue weighted by atomic mass is 9.87. The van der Waals surface area contributed by atoms with Crippen molar-refractivity contribution >= 4 is 5.97 Å². The van der Waals surface area contributed by atoms with Gasteiger partial charge in [-0.1, -0.05) is 52.9 Å². The number of carboxylic acids is 1. The van der Waals surface area contributed by atoms with Crippen LogP contribution in [-0.4, -0.2) is 11.1 Å². The maximum absolute atomic E-state index is 10.9. The lowest BCUT2D eigenvalue weighted by molar-refractivity contribution is -0.143. The van der Waals surface area contributed by atoms with E-state index < -0.39 is 5.97 Å². The molecular weight excluding hydrogens is 188 g/mol. The fourth-order valence-corrected chi connectivity index (χ4v) is 2.09. The van der Waals surface area contributed by atoms with E-state index in [-0.39, 0.29) is 5.92 Å². The van der Waals surface area contributed by atoms with Gasteiger partial charge in [-0.25, -0.2) is 0 Å². The molecule has 0 bridgehead atoms. The van der Waals surface area contributed by atoms with Crippen molar-refractivity contribution in [3.8, 4) is 0 Å².